The van der Waals surface area contributed by atoms with Gasteiger partial charge in [-0.1, -0.05) is 24.3 Å². The molecule has 2 heterocycles. The predicted octanol–water partition coefficient (Wildman–Crippen LogP) is 4.08. The molecule has 0 saturated carbocycles. The first-order valence-corrected chi connectivity index (χ1v) is 7.65. The Hall–Kier alpha value is -1.54. The van der Waals surface area contributed by atoms with E-state index in [1.54, 1.807) is 0 Å². The predicted molar refractivity (Wildman–Crippen MR) is 84.3 cm³/mol. The number of aromatic nitrogens is 1. The third kappa shape index (κ3) is 2.80. The number of benzene rings is 1. The largest absolute Gasteiger partial charge is 0.352 e. The number of hydrogen-bond donors (Lipinski definition) is 0. The molecular weight excluding hydrogens is 268 g/mol. The van der Waals surface area contributed by atoms with E-state index in [9.17, 15) is 0 Å². The van der Waals surface area contributed by atoms with Gasteiger partial charge in [-0.15, -0.1) is 11.6 Å². The Bertz CT molecular complexity index is 610. The van der Waals surface area contributed by atoms with E-state index in [0.717, 1.165) is 36.6 Å². The topological polar surface area (TPSA) is 16.1 Å². The van der Waals surface area contributed by atoms with Crippen LogP contribution in [0.5, 0.6) is 0 Å². The van der Waals surface area contributed by atoms with Gasteiger partial charge < -0.3 is 4.90 Å². The number of alkyl halides is 1. The summed E-state index contributed by atoms with van der Waals surface area (Å²) in [6.45, 7) is 4.02. The summed E-state index contributed by atoms with van der Waals surface area (Å²) in [4.78, 5) is 7.06. The third-order valence-electron chi connectivity index (χ3n) is 3.83. The molecule has 1 aromatic heterocycles. The first-order chi connectivity index (χ1) is 9.76. The summed E-state index contributed by atoms with van der Waals surface area (Å²) >= 11 is 5.98. The van der Waals surface area contributed by atoms with Gasteiger partial charge in [-0.25, -0.2) is 4.98 Å². The van der Waals surface area contributed by atoms with E-state index in [2.05, 4.69) is 46.3 Å². The normalized spacial score (nSPS) is 14.8. The molecule has 0 fully saturated rings. The maximum atomic E-state index is 5.98. The van der Waals surface area contributed by atoms with Gasteiger partial charge in [-0.05, 0) is 48.6 Å². The lowest BCUT2D eigenvalue weighted by Crippen LogP contribution is -2.23. The van der Waals surface area contributed by atoms with E-state index in [0.29, 0.717) is 5.88 Å². The highest BCUT2D eigenvalue weighted by Crippen LogP contribution is 2.24. The molecule has 1 aliphatic rings. The summed E-state index contributed by atoms with van der Waals surface area (Å²) in [5, 5.41) is 0. The van der Waals surface area contributed by atoms with Gasteiger partial charge in [-0.2, -0.15) is 0 Å². The van der Waals surface area contributed by atoms with Gasteiger partial charge in [0.05, 0.1) is 0 Å². The van der Waals surface area contributed by atoms with Crippen LogP contribution in [-0.2, 0) is 18.8 Å². The Balaban J connectivity index is 1.93. The monoisotopic (exact) mass is 286 g/mol. The highest BCUT2D eigenvalue weighted by molar-refractivity contribution is 6.17. The fourth-order valence-electron chi connectivity index (χ4n) is 2.86. The molecule has 0 bridgehead atoms. The molecule has 0 amide bonds. The number of halogens is 1. The van der Waals surface area contributed by atoms with Crippen LogP contribution in [0.15, 0.2) is 36.4 Å². The zero-order valence-corrected chi connectivity index (χ0v) is 12.5. The van der Waals surface area contributed by atoms with Gasteiger partial charge in [0, 0.05) is 24.7 Å². The minimum Gasteiger partial charge on any atom is -0.352 e. The average molecular weight is 287 g/mol. The second-order valence-corrected chi connectivity index (χ2v) is 5.67. The van der Waals surface area contributed by atoms with Crippen LogP contribution in [0.2, 0.25) is 0 Å². The third-order valence-corrected chi connectivity index (χ3v) is 4.14. The fraction of sp³-hybridized carbons (Fsp3) is 0.353. The van der Waals surface area contributed by atoms with Crippen molar-refractivity contribution in [3.05, 3.63) is 58.8 Å². The number of aryl methyl sites for hydroxylation is 2. The minimum atomic E-state index is 0.542. The summed E-state index contributed by atoms with van der Waals surface area (Å²) in [6.07, 6.45) is 2.32. The molecule has 3 rings (SSSR count). The lowest BCUT2D eigenvalue weighted by molar-refractivity contribution is 0.752. The van der Waals surface area contributed by atoms with E-state index in [1.807, 2.05) is 6.92 Å². The van der Waals surface area contributed by atoms with E-state index in [1.165, 1.54) is 17.5 Å². The van der Waals surface area contributed by atoms with Gasteiger partial charge in [0.2, 0.25) is 0 Å². The second kappa shape index (κ2) is 5.84. The van der Waals surface area contributed by atoms with Gasteiger partial charge in [0.25, 0.3) is 0 Å². The number of hydrogen-bond acceptors (Lipinski definition) is 2. The van der Waals surface area contributed by atoms with Crippen molar-refractivity contribution in [2.24, 2.45) is 0 Å². The van der Waals surface area contributed by atoms with Gasteiger partial charge in [0.15, 0.2) is 0 Å². The van der Waals surface area contributed by atoms with Crippen LogP contribution in [0, 0.1) is 6.92 Å². The zero-order chi connectivity index (χ0) is 13.9. The lowest BCUT2D eigenvalue weighted by Gasteiger charge is -2.23. The number of pyridine rings is 1. The fourth-order valence-corrected chi connectivity index (χ4v) is 3.01. The minimum absolute atomic E-state index is 0.542. The smallest absolute Gasteiger partial charge is 0.129 e. The number of fused-ring (bicyclic) bond motifs is 1. The van der Waals surface area contributed by atoms with Crippen LogP contribution >= 0.6 is 11.6 Å². The van der Waals surface area contributed by atoms with Crippen LogP contribution < -0.4 is 4.90 Å². The number of nitrogens with zero attached hydrogens (tertiary/aromatic N) is 2. The molecule has 1 aliphatic heterocycles. The molecule has 0 N–H and O–H groups in total. The summed E-state index contributed by atoms with van der Waals surface area (Å²) in [5.41, 5.74) is 5.07. The molecule has 1 aromatic carbocycles. The van der Waals surface area contributed by atoms with Crippen LogP contribution in [0.3, 0.4) is 0 Å². The van der Waals surface area contributed by atoms with Gasteiger partial charge in [0.1, 0.15) is 5.82 Å². The highest BCUT2D eigenvalue weighted by Gasteiger charge is 2.15. The number of rotatable bonds is 2. The average Bonchev–Trinajstić information content (AvgIpc) is 2.68. The van der Waals surface area contributed by atoms with E-state index in [4.69, 9.17) is 11.6 Å². The molecule has 0 spiro atoms. The van der Waals surface area contributed by atoms with Gasteiger partial charge in [-0.3, -0.25) is 0 Å². The maximum Gasteiger partial charge on any atom is 0.129 e. The standard InChI is InChI=1S/C17H19ClN2/c1-13-9-14(11-18)10-17(19-13)20-8-4-7-15-5-2-3-6-16(15)12-20/h2-3,5-6,9-10H,4,7-8,11-12H2,1H3. The summed E-state index contributed by atoms with van der Waals surface area (Å²) < 4.78 is 0. The van der Waals surface area contributed by atoms with Crippen LogP contribution in [-0.4, -0.2) is 11.5 Å². The summed E-state index contributed by atoms with van der Waals surface area (Å²) in [7, 11) is 0. The molecular formula is C17H19ClN2. The molecule has 0 aliphatic carbocycles. The molecule has 0 unspecified atom stereocenters. The van der Waals surface area contributed by atoms with E-state index >= 15 is 0 Å². The first-order valence-electron chi connectivity index (χ1n) is 7.11. The Morgan fingerprint density at radius 2 is 2.00 bits per heavy atom. The maximum absolute atomic E-state index is 5.98. The van der Waals surface area contributed by atoms with Crippen molar-refractivity contribution >= 4 is 17.4 Å². The summed E-state index contributed by atoms with van der Waals surface area (Å²) in [5.74, 6) is 1.60. The quantitative estimate of drug-likeness (QED) is 0.773. The van der Waals surface area contributed by atoms with E-state index in [-0.39, 0.29) is 0 Å². The molecule has 20 heavy (non-hydrogen) atoms. The lowest BCUT2D eigenvalue weighted by atomic mass is 10.0. The van der Waals surface area contributed by atoms with Crippen molar-refractivity contribution in [2.75, 3.05) is 11.4 Å². The first kappa shape index (κ1) is 13.4. The van der Waals surface area contributed by atoms with Crippen molar-refractivity contribution in [1.29, 1.82) is 0 Å². The van der Waals surface area contributed by atoms with Crippen LogP contribution in [0.25, 0.3) is 0 Å². The van der Waals surface area contributed by atoms with Crippen molar-refractivity contribution in [2.45, 2.75) is 32.2 Å². The van der Waals surface area contributed by atoms with Crippen molar-refractivity contribution in [3.8, 4) is 0 Å². The van der Waals surface area contributed by atoms with Crippen molar-refractivity contribution in [1.82, 2.24) is 4.98 Å². The van der Waals surface area contributed by atoms with Crippen LogP contribution in [0.1, 0.15) is 28.8 Å². The molecule has 2 aromatic rings. The molecule has 0 atom stereocenters. The Morgan fingerprint density at radius 3 is 2.80 bits per heavy atom. The van der Waals surface area contributed by atoms with Crippen LogP contribution in [0.4, 0.5) is 5.82 Å². The van der Waals surface area contributed by atoms with E-state index < -0.39 is 0 Å². The Labute approximate surface area is 125 Å². The highest BCUT2D eigenvalue weighted by atomic mass is 35.5. The molecule has 3 heteroatoms. The van der Waals surface area contributed by atoms with Crippen molar-refractivity contribution < 1.29 is 0 Å². The molecule has 104 valence electrons. The van der Waals surface area contributed by atoms with Crippen molar-refractivity contribution in [3.63, 3.8) is 0 Å². The number of anilines is 1. The second-order valence-electron chi connectivity index (χ2n) is 5.40. The Kier molecular flexibility index (Phi) is 3.93. The Morgan fingerprint density at radius 1 is 1.20 bits per heavy atom. The zero-order valence-electron chi connectivity index (χ0n) is 11.8. The molecule has 0 radical (unpaired) electrons. The molecule has 0 saturated heterocycles. The van der Waals surface area contributed by atoms with Gasteiger partial charge >= 0.3 is 0 Å². The molecule has 2 nitrogen and oxygen atoms in total. The summed E-state index contributed by atoms with van der Waals surface area (Å²) in [6, 6.07) is 12.9. The SMILES string of the molecule is Cc1cc(CCl)cc(N2CCCc3ccccc3C2)n1.